The molecule has 1 saturated carbocycles. The maximum Gasteiger partial charge on any atom is 0.391 e. The van der Waals surface area contributed by atoms with Gasteiger partial charge >= 0.3 is 6.18 Å². The minimum absolute atomic E-state index is 0.00193. The molecule has 79 heavy (non-hydrogen) atoms. The number of hydrogen-bond acceptors (Lipinski definition) is 14. The summed E-state index contributed by atoms with van der Waals surface area (Å²) in [6.07, 6.45) is 1.28. The van der Waals surface area contributed by atoms with E-state index in [2.05, 4.69) is 31.2 Å². The van der Waals surface area contributed by atoms with Gasteiger partial charge in [-0.15, -0.1) is 11.3 Å². The van der Waals surface area contributed by atoms with Crippen LogP contribution in [0, 0.1) is 24.2 Å². The van der Waals surface area contributed by atoms with Crippen LogP contribution >= 0.6 is 11.3 Å². The van der Waals surface area contributed by atoms with Crippen LogP contribution in [-0.2, 0) is 57.6 Å². The molecule has 18 nitrogen and oxygen atoms in total. The number of nitrogens with zero attached hydrogens (tertiary/aromatic N) is 3. The van der Waals surface area contributed by atoms with Crippen LogP contribution in [0.4, 0.5) is 13.2 Å². The van der Waals surface area contributed by atoms with E-state index >= 15 is 0 Å². The molecule has 2 fully saturated rings. The molecule has 1 aliphatic carbocycles. The lowest BCUT2D eigenvalue weighted by Gasteiger charge is -2.35. The number of carbonyl (C=O) groups excluding carboxylic acids is 5. The number of halogens is 3. The second kappa shape index (κ2) is 30.3. The highest BCUT2D eigenvalue weighted by molar-refractivity contribution is 7.13. The fourth-order valence-electron chi connectivity index (χ4n) is 9.20. The summed E-state index contributed by atoms with van der Waals surface area (Å²) >= 11 is 1.56. The van der Waals surface area contributed by atoms with E-state index in [0.717, 1.165) is 32.8 Å². The Balaban J connectivity index is 0.783. The van der Waals surface area contributed by atoms with Crippen LogP contribution in [0.25, 0.3) is 16.5 Å². The summed E-state index contributed by atoms with van der Waals surface area (Å²) in [7, 11) is 1.48. The van der Waals surface area contributed by atoms with E-state index in [0.29, 0.717) is 50.5 Å². The molecule has 5 amide bonds. The number of benzene rings is 2. The van der Waals surface area contributed by atoms with Gasteiger partial charge in [-0.05, 0) is 72.3 Å². The van der Waals surface area contributed by atoms with Gasteiger partial charge in [0.1, 0.15) is 30.1 Å². The molecule has 0 spiro atoms. The number of nitrogens with one attached hydrogen (secondary N) is 4. The molecule has 0 bridgehead atoms. The summed E-state index contributed by atoms with van der Waals surface area (Å²) in [5.74, 6) is -2.82. The topological polar surface area (TPSA) is 229 Å². The quantitative estimate of drug-likeness (QED) is 0.0390. The van der Waals surface area contributed by atoms with Gasteiger partial charge in [-0.2, -0.15) is 13.2 Å². The lowest BCUT2D eigenvalue weighted by Crippen LogP contribution is -2.58. The monoisotopic (exact) mass is 1120 g/mol. The molecule has 2 aromatic carbocycles. The minimum atomic E-state index is -4.17. The Morgan fingerprint density at radius 1 is 0.810 bits per heavy atom. The molecule has 6 rings (SSSR count). The van der Waals surface area contributed by atoms with Gasteiger partial charge in [-0.1, -0.05) is 81.5 Å². The summed E-state index contributed by atoms with van der Waals surface area (Å²) in [6, 6.07) is 14.8. The Kier molecular flexibility index (Phi) is 23.8. The lowest BCUT2D eigenvalue weighted by atomic mass is 9.81. The van der Waals surface area contributed by atoms with Crippen LogP contribution in [0.5, 0.6) is 5.75 Å². The van der Waals surface area contributed by atoms with E-state index in [-0.39, 0.29) is 95.9 Å². The highest BCUT2D eigenvalue weighted by Crippen LogP contribution is 2.40. The van der Waals surface area contributed by atoms with E-state index in [4.69, 9.17) is 23.7 Å². The number of β-amino-alcohol motifs (C(OH)–C–C–N with tert-alkyl or cyclic N) is 1. The molecule has 2 aliphatic rings. The molecular formula is C57H74F3N7O11S. The fourth-order valence-corrected chi connectivity index (χ4v) is 10.0. The SMILES string of the molecule is COc1cnc(C(=O)NCc2cccc(CC(=O)NCCOCCOCCOCCOCC(=O)N[C@H](C(=O)N3C[C@H](O)C[C@H]3C(=O)NCc3ccc(-c4scnc4C)cc3)C(C)(C)C)c2)cc1/C=C/C1CCC(C(F)(F)F)CC1. The summed E-state index contributed by atoms with van der Waals surface area (Å²) in [4.78, 5) is 77.0. The summed E-state index contributed by atoms with van der Waals surface area (Å²) in [5, 5.41) is 21.9. The number of allylic oxidation sites excluding steroid dienone is 1. The van der Waals surface area contributed by atoms with Crippen molar-refractivity contribution in [2.24, 2.45) is 17.3 Å². The molecule has 3 heterocycles. The maximum atomic E-state index is 13.9. The summed E-state index contributed by atoms with van der Waals surface area (Å²) in [6.45, 7) is 9.51. The minimum Gasteiger partial charge on any atom is -0.495 e. The number of carbonyl (C=O) groups is 5. The molecule has 430 valence electrons. The van der Waals surface area contributed by atoms with Crippen molar-refractivity contribution in [3.63, 3.8) is 0 Å². The zero-order chi connectivity index (χ0) is 57.0. The van der Waals surface area contributed by atoms with Crippen molar-refractivity contribution >= 4 is 46.9 Å². The molecule has 3 atom stereocenters. The first-order valence-electron chi connectivity index (χ1n) is 26.6. The molecular weight excluding hydrogens is 1050 g/mol. The van der Waals surface area contributed by atoms with Crippen molar-refractivity contribution in [1.82, 2.24) is 36.1 Å². The van der Waals surface area contributed by atoms with Gasteiger partial charge in [0.15, 0.2) is 0 Å². The van der Waals surface area contributed by atoms with Crippen LogP contribution in [0.1, 0.15) is 91.3 Å². The average molecular weight is 1120 g/mol. The Labute approximate surface area is 463 Å². The maximum absolute atomic E-state index is 13.9. The Morgan fingerprint density at radius 3 is 2.11 bits per heavy atom. The third-order valence-corrected chi connectivity index (χ3v) is 14.5. The van der Waals surface area contributed by atoms with E-state index in [1.165, 1.54) is 18.2 Å². The largest absolute Gasteiger partial charge is 0.495 e. The van der Waals surface area contributed by atoms with Crippen molar-refractivity contribution in [3.05, 3.63) is 106 Å². The zero-order valence-corrected chi connectivity index (χ0v) is 46.4. The third-order valence-electron chi connectivity index (χ3n) is 13.6. The number of pyridine rings is 1. The number of aliphatic hydroxyl groups is 1. The van der Waals surface area contributed by atoms with Crippen molar-refractivity contribution in [1.29, 1.82) is 0 Å². The predicted molar refractivity (Wildman–Crippen MR) is 291 cm³/mol. The number of rotatable bonds is 28. The standard InChI is InChI=1S/C57H74F3N7O11S/c1-37-51(79-36-65-37)42-14-10-39(11-15-42)31-64-54(72)47-30-45(68)34-67(47)55(73)52(56(2,3)4)66-50(70)35-78-26-25-77-24-23-76-22-21-75-20-19-61-49(69)28-40-7-6-8-41(27-40)32-63-53(71)46-29-43(48(74-5)33-62-46)16-9-38-12-17-44(18-13-38)57(58,59)60/h6-11,14-16,27,29,33,36,38,44-45,47,52,68H,12-13,17-26,28,30-32,34-35H2,1-5H3,(H,61,69)(H,63,71)(H,64,72)(H,66,70)/b16-9+/t38?,44?,45-,47+,52-/m1/s1. The van der Waals surface area contributed by atoms with Gasteiger partial charge in [-0.25, -0.2) is 9.97 Å². The van der Waals surface area contributed by atoms with Crippen LogP contribution in [-0.4, -0.2) is 147 Å². The number of ether oxygens (including phenoxy) is 5. The second-order valence-corrected chi connectivity index (χ2v) is 21.5. The molecule has 4 aromatic rings. The summed E-state index contributed by atoms with van der Waals surface area (Å²) < 4.78 is 66.9. The number of methoxy groups -OCH3 is 1. The Bertz CT molecular complexity index is 2660. The highest BCUT2D eigenvalue weighted by Gasteiger charge is 2.45. The number of amides is 5. The summed E-state index contributed by atoms with van der Waals surface area (Å²) in [5.41, 5.74) is 6.23. The van der Waals surface area contributed by atoms with Gasteiger partial charge < -0.3 is 55.0 Å². The number of hydrogen-bond donors (Lipinski definition) is 5. The first-order chi connectivity index (χ1) is 37.8. The van der Waals surface area contributed by atoms with Gasteiger partial charge in [0, 0.05) is 38.2 Å². The molecule has 1 aliphatic heterocycles. The van der Waals surface area contributed by atoms with E-state index in [9.17, 15) is 42.3 Å². The van der Waals surface area contributed by atoms with Crippen LogP contribution < -0.4 is 26.0 Å². The number of likely N-dealkylation sites (tertiary alicyclic amines) is 1. The zero-order valence-electron chi connectivity index (χ0n) is 45.5. The Morgan fingerprint density at radius 2 is 1.47 bits per heavy atom. The second-order valence-electron chi connectivity index (χ2n) is 20.7. The molecule has 2 aromatic heterocycles. The molecule has 22 heteroatoms. The fraction of sp³-hybridized carbons (Fsp3) is 0.526. The highest BCUT2D eigenvalue weighted by atomic mass is 32.1. The van der Waals surface area contributed by atoms with Crippen molar-refractivity contribution in [2.45, 2.75) is 104 Å². The molecule has 1 saturated heterocycles. The number of aromatic nitrogens is 2. The molecule has 0 unspecified atom stereocenters. The Hall–Kier alpha value is -6.30. The third kappa shape index (κ3) is 19.8. The van der Waals surface area contributed by atoms with Crippen LogP contribution in [0.2, 0.25) is 0 Å². The predicted octanol–water partition coefficient (Wildman–Crippen LogP) is 6.37. The average Bonchev–Trinajstić information content (AvgIpc) is 4.05. The molecule has 5 N–H and O–H groups in total. The van der Waals surface area contributed by atoms with E-state index in [1.807, 2.05) is 76.2 Å². The van der Waals surface area contributed by atoms with Gasteiger partial charge in [0.2, 0.25) is 23.6 Å². The van der Waals surface area contributed by atoms with Gasteiger partial charge in [0.05, 0.1) is 94.1 Å². The smallest absolute Gasteiger partial charge is 0.391 e. The number of aliphatic hydroxyl groups excluding tert-OH is 1. The van der Waals surface area contributed by atoms with Gasteiger partial charge in [-0.3, -0.25) is 24.0 Å². The number of thiazole rings is 1. The van der Waals surface area contributed by atoms with Crippen molar-refractivity contribution < 1.29 is 65.9 Å². The van der Waals surface area contributed by atoms with Crippen molar-refractivity contribution in [3.8, 4) is 16.2 Å². The lowest BCUT2D eigenvalue weighted by molar-refractivity contribution is -0.183. The number of alkyl halides is 3. The van der Waals surface area contributed by atoms with Crippen LogP contribution in [0.15, 0.2) is 72.4 Å². The van der Waals surface area contributed by atoms with Crippen molar-refractivity contribution in [2.75, 3.05) is 73.1 Å². The normalized spacial score (nSPS) is 18.1. The first kappa shape index (κ1) is 61.9. The first-order valence-corrected chi connectivity index (χ1v) is 27.4. The number of aryl methyl sites for hydroxylation is 1. The van der Waals surface area contributed by atoms with E-state index in [1.54, 1.807) is 35.1 Å². The van der Waals surface area contributed by atoms with Crippen LogP contribution in [0.3, 0.4) is 0 Å². The van der Waals surface area contributed by atoms with Gasteiger partial charge in [0.25, 0.3) is 5.91 Å². The molecule has 0 radical (unpaired) electrons. The van der Waals surface area contributed by atoms with E-state index < -0.39 is 59.3 Å².